The van der Waals surface area contributed by atoms with Crippen LogP contribution in [0.5, 0.6) is 0 Å². The Bertz CT molecular complexity index is 416. The van der Waals surface area contributed by atoms with Crippen LogP contribution < -0.4 is 5.32 Å². The highest BCUT2D eigenvalue weighted by Gasteiger charge is 2.21. The summed E-state index contributed by atoms with van der Waals surface area (Å²) in [6, 6.07) is 1.89. The highest BCUT2D eigenvalue weighted by atomic mass is 19.2. The fourth-order valence-corrected chi connectivity index (χ4v) is 2.49. The highest BCUT2D eigenvalue weighted by Crippen LogP contribution is 2.19. The predicted molar refractivity (Wildman–Crippen MR) is 66.0 cm³/mol. The Balaban J connectivity index is 1.98. The van der Waals surface area contributed by atoms with Gasteiger partial charge in [-0.15, -0.1) is 0 Å². The molecule has 1 aromatic rings. The number of hydrogen-bond acceptors (Lipinski definition) is 2. The van der Waals surface area contributed by atoms with Gasteiger partial charge in [0.1, 0.15) is 0 Å². The number of benzene rings is 1. The molecule has 0 bridgehead atoms. The lowest BCUT2D eigenvalue weighted by Crippen LogP contribution is -2.38. The van der Waals surface area contributed by atoms with Gasteiger partial charge in [-0.3, -0.25) is 0 Å². The van der Waals surface area contributed by atoms with Gasteiger partial charge in [-0.25, -0.2) is 13.2 Å². The van der Waals surface area contributed by atoms with E-state index in [0.717, 1.165) is 44.2 Å². The van der Waals surface area contributed by atoms with Gasteiger partial charge in [0, 0.05) is 12.6 Å². The molecule has 1 aliphatic rings. The van der Waals surface area contributed by atoms with Crippen LogP contribution >= 0.6 is 0 Å². The summed E-state index contributed by atoms with van der Waals surface area (Å²) in [4.78, 5) is 0. The second-order valence-electron chi connectivity index (χ2n) is 5.07. The summed E-state index contributed by atoms with van der Waals surface area (Å²) in [5.74, 6) is -3.81. The van der Waals surface area contributed by atoms with Crippen molar-refractivity contribution >= 4 is 0 Å². The van der Waals surface area contributed by atoms with E-state index in [9.17, 15) is 18.3 Å². The third-order valence-electron chi connectivity index (χ3n) is 3.59. The standard InChI is InChI=1S/C14H18F3NO/c15-10-6-9(7-11(16)14(10)17)8-18-12-4-2-1-3-5-13(12)19/h6-7,12-13,18-19H,1-5,8H2. The average molecular weight is 273 g/mol. The molecular formula is C14H18F3NO. The Hall–Kier alpha value is -1.07. The van der Waals surface area contributed by atoms with Crippen LogP contribution in [0, 0.1) is 17.5 Å². The predicted octanol–water partition coefficient (Wildman–Crippen LogP) is 2.89. The van der Waals surface area contributed by atoms with Crippen LogP contribution in [0.2, 0.25) is 0 Å². The Morgan fingerprint density at radius 3 is 2.37 bits per heavy atom. The largest absolute Gasteiger partial charge is 0.392 e. The Labute approximate surface area is 110 Å². The smallest absolute Gasteiger partial charge is 0.194 e. The Morgan fingerprint density at radius 1 is 1.05 bits per heavy atom. The molecule has 0 aromatic heterocycles. The molecular weight excluding hydrogens is 255 g/mol. The third kappa shape index (κ3) is 3.70. The van der Waals surface area contributed by atoms with E-state index in [1.165, 1.54) is 0 Å². The van der Waals surface area contributed by atoms with Gasteiger partial charge in [-0.1, -0.05) is 19.3 Å². The Morgan fingerprint density at radius 2 is 1.68 bits per heavy atom. The molecule has 0 aliphatic heterocycles. The van der Waals surface area contributed by atoms with Gasteiger partial charge in [0.2, 0.25) is 0 Å². The van der Waals surface area contributed by atoms with Gasteiger partial charge in [-0.2, -0.15) is 0 Å². The molecule has 1 fully saturated rings. The quantitative estimate of drug-likeness (QED) is 0.655. The van der Waals surface area contributed by atoms with E-state index < -0.39 is 23.6 Å². The normalized spacial score (nSPS) is 24.2. The van der Waals surface area contributed by atoms with Crippen molar-refractivity contribution in [2.45, 2.75) is 50.8 Å². The van der Waals surface area contributed by atoms with E-state index in [1.54, 1.807) is 0 Å². The molecule has 0 saturated heterocycles. The Kier molecular flexibility index (Phi) is 4.82. The maximum atomic E-state index is 13.1. The van der Waals surface area contributed by atoms with Crippen molar-refractivity contribution in [2.24, 2.45) is 0 Å². The fraction of sp³-hybridized carbons (Fsp3) is 0.571. The zero-order valence-corrected chi connectivity index (χ0v) is 10.6. The van der Waals surface area contributed by atoms with Crippen LogP contribution in [0.3, 0.4) is 0 Å². The maximum Gasteiger partial charge on any atom is 0.194 e. The molecule has 0 spiro atoms. The molecule has 2 nitrogen and oxygen atoms in total. The van der Waals surface area contributed by atoms with Gasteiger partial charge in [0.05, 0.1) is 6.10 Å². The number of hydrogen-bond donors (Lipinski definition) is 2. The van der Waals surface area contributed by atoms with Gasteiger partial charge in [-0.05, 0) is 30.5 Å². The molecule has 2 rings (SSSR count). The van der Waals surface area contributed by atoms with Crippen LogP contribution in [-0.2, 0) is 6.54 Å². The molecule has 5 heteroatoms. The van der Waals surface area contributed by atoms with Crippen molar-refractivity contribution in [1.82, 2.24) is 5.32 Å². The van der Waals surface area contributed by atoms with Crippen molar-refractivity contribution in [1.29, 1.82) is 0 Å². The molecule has 0 amide bonds. The van der Waals surface area contributed by atoms with E-state index in [0.29, 0.717) is 5.56 Å². The lowest BCUT2D eigenvalue weighted by Gasteiger charge is -2.21. The third-order valence-corrected chi connectivity index (χ3v) is 3.59. The zero-order valence-electron chi connectivity index (χ0n) is 10.6. The second-order valence-corrected chi connectivity index (χ2v) is 5.07. The molecule has 1 saturated carbocycles. The van der Waals surface area contributed by atoms with Crippen LogP contribution in [0.1, 0.15) is 37.7 Å². The molecule has 2 atom stereocenters. The molecule has 1 aromatic carbocycles. The van der Waals surface area contributed by atoms with Crippen LogP contribution in [-0.4, -0.2) is 17.3 Å². The number of halogens is 3. The highest BCUT2D eigenvalue weighted by molar-refractivity contribution is 5.19. The minimum Gasteiger partial charge on any atom is -0.392 e. The fourth-order valence-electron chi connectivity index (χ4n) is 2.49. The molecule has 2 unspecified atom stereocenters. The van der Waals surface area contributed by atoms with Gasteiger partial charge in [0.15, 0.2) is 17.5 Å². The molecule has 2 N–H and O–H groups in total. The number of rotatable bonds is 3. The first kappa shape index (κ1) is 14.3. The van der Waals surface area contributed by atoms with E-state index in [-0.39, 0.29) is 12.6 Å². The monoisotopic (exact) mass is 273 g/mol. The summed E-state index contributed by atoms with van der Waals surface area (Å²) in [6.45, 7) is 0.218. The summed E-state index contributed by atoms with van der Waals surface area (Å²) >= 11 is 0. The summed E-state index contributed by atoms with van der Waals surface area (Å²) in [6.07, 6.45) is 4.27. The molecule has 19 heavy (non-hydrogen) atoms. The first-order chi connectivity index (χ1) is 9.08. The SMILES string of the molecule is OC1CCCCCC1NCc1cc(F)c(F)c(F)c1. The van der Waals surface area contributed by atoms with Crippen molar-refractivity contribution in [3.05, 3.63) is 35.1 Å². The average Bonchev–Trinajstić information content (AvgIpc) is 2.58. The van der Waals surface area contributed by atoms with Gasteiger partial charge >= 0.3 is 0 Å². The maximum absolute atomic E-state index is 13.1. The summed E-state index contributed by atoms with van der Waals surface area (Å²) in [5, 5.41) is 13.0. The van der Waals surface area contributed by atoms with E-state index in [4.69, 9.17) is 0 Å². The number of aliphatic hydroxyl groups is 1. The van der Waals surface area contributed by atoms with Crippen molar-refractivity contribution in [3.8, 4) is 0 Å². The minimum absolute atomic E-state index is 0.0707. The summed E-state index contributed by atoms with van der Waals surface area (Å²) < 4.78 is 38.9. The van der Waals surface area contributed by atoms with Gasteiger partial charge < -0.3 is 10.4 Å². The van der Waals surface area contributed by atoms with E-state index in [2.05, 4.69) is 5.32 Å². The zero-order chi connectivity index (χ0) is 13.8. The van der Waals surface area contributed by atoms with Crippen LogP contribution in [0.25, 0.3) is 0 Å². The van der Waals surface area contributed by atoms with Gasteiger partial charge in [0.25, 0.3) is 0 Å². The molecule has 0 radical (unpaired) electrons. The van der Waals surface area contributed by atoms with E-state index in [1.807, 2.05) is 0 Å². The lowest BCUT2D eigenvalue weighted by molar-refractivity contribution is 0.119. The topological polar surface area (TPSA) is 32.3 Å². The first-order valence-corrected chi connectivity index (χ1v) is 6.63. The lowest BCUT2D eigenvalue weighted by atomic mass is 10.1. The second kappa shape index (κ2) is 6.39. The molecule has 106 valence electrons. The number of nitrogens with one attached hydrogen (secondary N) is 1. The van der Waals surface area contributed by atoms with Crippen LogP contribution in [0.15, 0.2) is 12.1 Å². The van der Waals surface area contributed by atoms with Crippen LogP contribution in [0.4, 0.5) is 13.2 Å². The first-order valence-electron chi connectivity index (χ1n) is 6.63. The number of aliphatic hydroxyl groups excluding tert-OH is 1. The summed E-state index contributed by atoms with van der Waals surface area (Å²) in [7, 11) is 0. The van der Waals surface area contributed by atoms with Crippen molar-refractivity contribution in [3.63, 3.8) is 0 Å². The minimum atomic E-state index is -1.45. The molecule has 0 heterocycles. The van der Waals surface area contributed by atoms with E-state index >= 15 is 0 Å². The summed E-state index contributed by atoms with van der Waals surface area (Å²) in [5.41, 5.74) is 0.341. The van der Waals surface area contributed by atoms with Crippen molar-refractivity contribution < 1.29 is 18.3 Å². The molecule has 1 aliphatic carbocycles. The van der Waals surface area contributed by atoms with Crippen molar-refractivity contribution in [2.75, 3.05) is 0 Å².